The third-order valence-corrected chi connectivity index (χ3v) is 2.52. The molecule has 0 radical (unpaired) electrons. The number of carbonyl (C=O) groups excluding carboxylic acids is 2. The highest BCUT2D eigenvalue weighted by Gasteiger charge is 2.20. The van der Waals surface area contributed by atoms with Gasteiger partial charge in [0, 0.05) is 6.07 Å². The molecule has 1 rings (SSSR count). The topological polar surface area (TPSA) is 95.4 Å². The fraction of sp³-hybridized carbons (Fsp3) is 0.615. The number of ketones is 1. The van der Waals surface area contributed by atoms with Gasteiger partial charge in [0.1, 0.15) is 12.1 Å². The number of nitrogens with two attached hydrogens (primary N) is 1. The first-order valence-corrected chi connectivity index (χ1v) is 6.35. The molecule has 19 heavy (non-hydrogen) atoms. The van der Waals surface area contributed by atoms with Crippen LogP contribution in [-0.4, -0.2) is 23.5 Å². The Bertz CT molecular complexity index is 440. The van der Waals surface area contributed by atoms with E-state index in [4.69, 9.17) is 15.0 Å². The lowest BCUT2D eigenvalue weighted by molar-refractivity contribution is -0.142. The lowest BCUT2D eigenvalue weighted by Crippen LogP contribution is -2.13. The number of hydrogen-bond acceptors (Lipinski definition) is 6. The number of ether oxygens (including phenoxy) is 1. The number of rotatable bonds is 7. The first-order chi connectivity index (χ1) is 8.93. The van der Waals surface area contributed by atoms with Gasteiger partial charge in [0.05, 0.1) is 12.6 Å². The zero-order valence-electron chi connectivity index (χ0n) is 11.5. The fourth-order valence-corrected chi connectivity index (χ4v) is 1.65. The summed E-state index contributed by atoms with van der Waals surface area (Å²) in [6.07, 6.45) is 0.403. The average Bonchev–Trinajstić information content (AvgIpc) is 2.77. The second kappa shape index (κ2) is 7.04. The van der Waals surface area contributed by atoms with Crippen molar-refractivity contribution in [3.05, 3.63) is 17.5 Å². The minimum Gasteiger partial charge on any atom is -0.466 e. The number of nitrogens with zero attached hydrogens (tertiary/aromatic N) is 1. The van der Waals surface area contributed by atoms with Crippen molar-refractivity contribution in [2.75, 3.05) is 6.61 Å². The van der Waals surface area contributed by atoms with Gasteiger partial charge in [-0.25, -0.2) is 0 Å². The summed E-state index contributed by atoms with van der Waals surface area (Å²) in [6, 6.07) is 1.22. The van der Waals surface area contributed by atoms with Gasteiger partial charge in [-0.15, -0.1) is 0 Å². The van der Waals surface area contributed by atoms with Crippen LogP contribution in [0.3, 0.4) is 0 Å². The van der Waals surface area contributed by atoms with Crippen LogP contribution in [0.4, 0.5) is 0 Å². The van der Waals surface area contributed by atoms with Crippen LogP contribution in [0.1, 0.15) is 55.9 Å². The van der Waals surface area contributed by atoms with Crippen LogP contribution in [0.25, 0.3) is 0 Å². The summed E-state index contributed by atoms with van der Waals surface area (Å²) >= 11 is 0. The molecule has 1 atom stereocenters. The Morgan fingerprint density at radius 3 is 2.74 bits per heavy atom. The van der Waals surface area contributed by atoms with Gasteiger partial charge in [0.2, 0.25) is 11.5 Å². The predicted molar refractivity (Wildman–Crippen MR) is 68.5 cm³/mol. The van der Waals surface area contributed by atoms with Gasteiger partial charge in [-0.2, -0.15) is 0 Å². The van der Waals surface area contributed by atoms with Crippen molar-refractivity contribution in [1.29, 1.82) is 0 Å². The molecule has 106 valence electrons. The number of hydrogen-bond donors (Lipinski definition) is 1. The van der Waals surface area contributed by atoms with E-state index in [1.54, 1.807) is 6.92 Å². The summed E-state index contributed by atoms with van der Waals surface area (Å²) in [7, 11) is 0. The van der Waals surface area contributed by atoms with Gasteiger partial charge in [-0.1, -0.05) is 19.0 Å². The summed E-state index contributed by atoms with van der Waals surface area (Å²) in [5.74, 6) is -0.557. The largest absolute Gasteiger partial charge is 0.466 e. The molecule has 6 heteroatoms. The maximum Gasteiger partial charge on any atom is 0.313 e. The van der Waals surface area contributed by atoms with Gasteiger partial charge < -0.3 is 15.0 Å². The summed E-state index contributed by atoms with van der Waals surface area (Å²) in [5.41, 5.74) is 6.46. The van der Waals surface area contributed by atoms with Gasteiger partial charge in [0.25, 0.3) is 0 Å². The van der Waals surface area contributed by atoms with Crippen molar-refractivity contribution < 1.29 is 18.8 Å². The third kappa shape index (κ3) is 4.82. The van der Waals surface area contributed by atoms with Crippen LogP contribution in [0, 0.1) is 5.92 Å². The monoisotopic (exact) mass is 268 g/mol. The van der Waals surface area contributed by atoms with E-state index in [1.165, 1.54) is 6.07 Å². The highest BCUT2D eigenvalue weighted by molar-refractivity contribution is 6.04. The third-order valence-electron chi connectivity index (χ3n) is 2.52. The van der Waals surface area contributed by atoms with Crippen molar-refractivity contribution in [2.24, 2.45) is 11.7 Å². The Hall–Kier alpha value is -1.69. The quantitative estimate of drug-likeness (QED) is 0.460. The molecule has 1 aromatic rings. The lowest BCUT2D eigenvalue weighted by Gasteiger charge is -2.09. The van der Waals surface area contributed by atoms with E-state index in [2.05, 4.69) is 5.16 Å². The van der Waals surface area contributed by atoms with Gasteiger partial charge in [-0.05, 0) is 19.3 Å². The van der Waals surface area contributed by atoms with E-state index in [0.29, 0.717) is 11.6 Å². The maximum absolute atomic E-state index is 11.7. The predicted octanol–water partition coefficient (Wildman–Crippen LogP) is 1.86. The molecule has 1 aromatic heterocycles. The average molecular weight is 268 g/mol. The molecule has 0 saturated carbocycles. The van der Waals surface area contributed by atoms with E-state index in [1.807, 2.05) is 13.8 Å². The highest BCUT2D eigenvalue weighted by Crippen LogP contribution is 2.19. The molecule has 0 aromatic carbocycles. The molecular weight excluding hydrogens is 248 g/mol. The maximum atomic E-state index is 11.7. The molecule has 0 aliphatic rings. The molecule has 0 amide bonds. The van der Waals surface area contributed by atoms with Crippen molar-refractivity contribution >= 4 is 11.8 Å². The van der Waals surface area contributed by atoms with Crippen LogP contribution in [0.5, 0.6) is 0 Å². The van der Waals surface area contributed by atoms with Gasteiger partial charge in [-0.3, -0.25) is 9.59 Å². The Balaban J connectivity index is 2.63. The van der Waals surface area contributed by atoms with E-state index < -0.39 is 11.8 Å². The molecule has 0 aliphatic heterocycles. The SMILES string of the molecule is CCOC(=O)CC(=O)c1cc(C(N)CC(C)C)no1. The Morgan fingerprint density at radius 1 is 1.47 bits per heavy atom. The first-order valence-electron chi connectivity index (χ1n) is 6.35. The first kappa shape index (κ1) is 15.4. The second-order valence-electron chi connectivity index (χ2n) is 4.76. The molecule has 0 spiro atoms. The van der Waals surface area contributed by atoms with Crippen LogP contribution < -0.4 is 5.73 Å². The highest BCUT2D eigenvalue weighted by atomic mass is 16.5. The van der Waals surface area contributed by atoms with Gasteiger partial charge >= 0.3 is 5.97 Å². The number of carbonyl (C=O) groups is 2. The van der Waals surface area contributed by atoms with Crippen LogP contribution in [0.15, 0.2) is 10.6 Å². The van der Waals surface area contributed by atoms with Crippen LogP contribution in [-0.2, 0) is 9.53 Å². The van der Waals surface area contributed by atoms with E-state index in [-0.39, 0.29) is 24.8 Å². The molecule has 2 N–H and O–H groups in total. The smallest absolute Gasteiger partial charge is 0.313 e. The summed E-state index contributed by atoms with van der Waals surface area (Å²) in [5, 5.41) is 3.77. The zero-order valence-corrected chi connectivity index (χ0v) is 11.5. The van der Waals surface area contributed by atoms with Crippen molar-refractivity contribution in [1.82, 2.24) is 5.16 Å². The molecule has 1 heterocycles. The molecule has 1 unspecified atom stereocenters. The van der Waals surface area contributed by atoms with E-state index in [0.717, 1.165) is 6.42 Å². The molecule has 0 saturated heterocycles. The molecule has 0 fully saturated rings. The Morgan fingerprint density at radius 2 is 2.16 bits per heavy atom. The van der Waals surface area contributed by atoms with Crippen molar-refractivity contribution in [2.45, 2.75) is 39.7 Å². The van der Waals surface area contributed by atoms with E-state index >= 15 is 0 Å². The Labute approximate surface area is 112 Å². The van der Waals surface area contributed by atoms with Crippen molar-refractivity contribution in [3.63, 3.8) is 0 Å². The number of aromatic nitrogens is 1. The normalized spacial score (nSPS) is 12.5. The summed E-state index contributed by atoms with van der Waals surface area (Å²) in [6.45, 7) is 6.02. The molecular formula is C13H20N2O4. The molecule has 0 bridgehead atoms. The minimum atomic E-state index is -0.572. The van der Waals surface area contributed by atoms with Crippen LogP contribution >= 0.6 is 0 Å². The fourth-order valence-electron chi connectivity index (χ4n) is 1.65. The van der Waals surface area contributed by atoms with Gasteiger partial charge in [0.15, 0.2) is 0 Å². The summed E-state index contributed by atoms with van der Waals surface area (Å²) < 4.78 is 9.62. The molecule has 6 nitrogen and oxygen atoms in total. The van der Waals surface area contributed by atoms with Crippen molar-refractivity contribution in [3.8, 4) is 0 Å². The minimum absolute atomic E-state index is 0.0438. The summed E-state index contributed by atoms with van der Waals surface area (Å²) in [4.78, 5) is 22.9. The Kier molecular flexibility index (Phi) is 5.69. The second-order valence-corrected chi connectivity index (χ2v) is 4.76. The van der Waals surface area contributed by atoms with Crippen LogP contribution in [0.2, 0.25) is 0 Å². The lowest BCUT2D eigenvalue weighted by atomic mass is 10.0. The number of Topliss-reactive ketones (excluding diaryl/α,β-unsaturated/α-hetero) is 1. The zero-order chi connectivity index (χ0) is 14.4. The number of esters is 1. The molecule has 0 aliphatic carbocycles. The van der Waals surface area contributed by atoms with E-state index in [9.17, 15) is 9.59 Å². The standard InChI is InChI=1S/C13H20N2O4/c1-4-18-13(17)7-11(16)12-6-10(15-19-12)9(14)5-8(2)3/h6,8-9H,4-5,7,14H2,1-3H3.